The van der Waals surface area contributed by atoms with Crippen LogP contribution in [0.3, 0.4) is 0 Å². The van der Waals surface area contributed by atoms with Crippen molar-refractivity contribution < 1.29 is 4.73 Å². The topological polar surface area (TPSA) is 26.9 Å². The highest BCUT2D eigenvalue weighted by Gasteiger charge is 2.12. The normalized spacial score (nSPS) is 12.3. The van der Waals surface area contributed by atoms with Gasteiger partial charge in [-0.25, -0.2) is 0 Å². The van der Waals surface area contributed by atoms with Gasteiger partial charge in [0.25, 0.3) is 5.03 Å². The Bertz CT molecular complexity index is 458. The first-order valence-electron chi connectivity index (χ1n) is 5.17. The minimum absolute atomic E-state index is 0.281. The van der Waals surface area contributed by atoms with Crippen molar-refractivity contribution >= 4 is 11.8 Å². The van der Waals surface area contributed by atoms with Crippen LogP contribution < -0.4 is 4.73 Å². The predicted octanol–water partition coefficient (Wildman–Crippen LogP) is 3.17. The fourth-order valence-electron chi connectivity index (χ4n) is 1.48. The summed E-state index contributed by atoms with van der Waals surface area (Å²) in [6.45, 7) is 2.10. The van der Waals surface area contributed by atoms with Gasteiger partial charge in [0, 0.05) is 17.4 Å². The van der Waals surface area contributed by atoms with Crippen molar-refractivity contribution in [2.45, 2.75) is 17.2 Å². The molecule has 0 aliphatic rings. The number of pyridine rings is 1. The second-order valence-electron chi connectivity index (χ2n) is 3.54. The van der Waals surface area contributed by atoms with Crippen molar-refractivity contribution in [2.24, 2.45) is 0 Å². The third-order valence-electron chi connectivity index (χ3n) is 2.36. The van der Waals surface area contributed by atoms with E-state index in [0.717, 1.165) is 9.76 Å². The zero-order valence-electron chi connectivity index (χ0n) is 9.04. The SMILES string of the molecule is C[C@@H](Sc1cccc[n+]1[O-])c1ccccc1. The predicted molar refractivity (Wildman–Crippen MR) is 66.1 cm³/mol. The van der Waals surface area contributed by atoms with Crippen LogP contribution >= 0.6 is 11.8 Å². The number of benzene rings is 1. The van der Waals surface area contributed by atoms with Crippen LogP contribution in [0.4, 0.5) is 0 Å². The average molecular weight is 231 g/mol. The van der Waals surface area contributed by atoms with E-state index < -0.39 is 0 Å². The van der Waals surface area contributed by atoms with Crippen molar-refractivity contribution in [3.8, 4) is 0 Å². The molecule has 0 saturated heterocycles. The molecule has 1 aromatic heterocycles. The molecule has 1 heterocycles. The third-order valence-corrected chi connectivity index (χ3v) is 3.54. The van der Waals surface area contributed by atoms with E-state index in [9.17, 15) is 5.21 Å². The van der Waals surface area contributed by atoms with Crippen LogP contribution in [0.5, 0.6) is 0 Å². The highest BCUT2D eigenvalue weighted by atomic mass is 32.2. The summed E-state index contributed by atoms with van der Waals surface area (Å²) in [5.74, 6) is 0. The van der Waals surface area contributed by atoms with Crippen molar-refractivity contribution in [2.75, 3.05) is 0 Å². The molecular formula is C13H13NOS. The lowest BCUT2D eigenvalue weighted by Crippen LogP contribution is -2.27. The maximum absolute atomic E-state index is 11.5. The largest absolute Gasteiger partial charge is 0.618 e. The minimum atomic E-state index is 0.281. The van der Waals surface area contributed by atoms with Crippen LogP contribution in [0.15, 0.2) is 59.8 Å². The van der Waals surface area contributed by atoms with Crippen LogP contribution in [-0.2, 0) is 0 Å². The van der Waals surface area contributed by atoms with Gasteiger partial charge in [0.1, 0.15) is 0 Å². The number of aromatic nitrogens is 1. The van der Waals surface area contributed by atoms with Gasteiger partial charge in [-0.3, -0.25) is 0 Å². The summed E-state index contributed by atoms with van der Waals surface area (Å²) in [5, 5.41) is 12.5. The lowest BCUT2D eigenvalue weighted by Gasteiger charge is -2.10. The smallest absolute Gasteiger partial charge is 0.251 e. The Morgan fingerprint density at radius 2 is 1.75 bits per heavy atom. The molecule has 2 nitrogen and oxygen atoms in total. The number of hydrogen-bond acceptors (Lipinski definition) is 2. The Morgan fingerprint density at radius 3 is 2.44 bits per heavy atom. The zero-order chi connectivity index (χ0) is 11.4. The lowest BCUT2D eigenvalue weighted by molar-refractivity contribution is -0.645. The Labute approximate surface area is 99.5 Å². The van der Waals surface area contributed by atoms with Crippen LogP contribution in [0, 0.1) is 5.21 Å². The maximum Gasteiger partial charge on any atom is 0.251 e. The number of rotatable bonds is 3. The molecule has 0 fully saturated rings. The van der Waals surface area contributed by atoms with E-state index >= 15 is 0 Å². The first kappa shape index (κ1) is 11.0. The van der Waals surface area contributed by atoms with Gasteiger partial charge in [-0.15, -0.1) is 0 Å². The fourth-order valence-corrected chi connectivity index (χ4v) is 2.45. The molecule has 0 spiro atoms. The first-order valence-corrected chi connectivity index (χ1v) is 6.05. The second kappa shape index (κ2) is 5.03. The number of thioether (sulfide) groups is 1. The Balaban J connectivity index is 2.14. The molecule has 0 aliphatic carbocycles. The monoisotopic (exact) mass is 231 g/mol. The van der Waals surface area contributed by atoms with Gasteiger partial charge in [-0.1, -0.05) is 30.3 Å². The summed E-state index contributed by atoms with van der Waals surface area (Å²) in [6.07, 6.45) is 1.53. The Morgan fingerprint density at radius 1 is 1.06 bits per heavy atom. The van der Waals surface area contributed by atoms with Gasteiger partial charge >= 0.3 is 0 Å². The summed E-state index contributed by atoms with van der Waals surface area (Å²) >= 11 is 1.57. The average Bonchev–Trinajstić information content (AvgIpc) is 2.33. The Kier molecular flexibility index (Phi) is 3.47. The van der Waals surface area contributed by atoms with Crippen LogP contribution in [-0.4, -0.2) is 0 Å². The van der Waals surface area contributed by atoms with E-state index in [0.29, 0.717) is 0 Å². The van der Waals surface area contributed by atoms with Gasteiger partial charge in [-0.05, 0) is 30.3 Å². The highest BCUT2D eigenvalue weighted by Crippen LogP contribution is 2.32. The standard InChI is InChI=1S/C13H13NOS/c1-11(12-7-3-2-4-8-12)16-13-9-5-6-10-14(13)15/h2-11H,1H3/t11-/m1/s1. The van der Waals surface area contributed by atoms with Crippen molar-refractivity contribution in [1.29, 1.82) is 0 Å². The molecule has 0 radical (unpaired) electrons. The van der Waals surface area contributed by atoms with Gasteiger partial charge in [0.05, 0.1) is 0 Å². The molecule has 16 heavy (non-hydrogen) atoms. The summed E-state index contributed by atoms with van der Waals surface area (Å²) in [5.41, 5.74) is 1.23. The molecule has 0 unspecified atom stereocenters. The van der Waals surface area contributed by atoms with Crippen molar-refractivity contribution in [3.05, 3.63) is 65.5 Å². The maximum atomic E-state index is 11.5. The fraction of sp³-hybridized carbons (Fsp3) is 0.154. The molecule has 1 aromatic carbocycles. The molecule has 3 heteroatoms. The van der Waals surface area contributed by atoms with E-state index in [-0.39, 0.29) is 5.25 Å². The quantitative estimate of drug-likeness (QED) is 0.461. The zero-order valence-corrected chi connectivity index (χ0v) is 9.85. The summed E-state index contributed by atoms with van der Waals surface area (Å²) in [4.78, 5) is 0. The third kappa shape index (κ3) is 2.55. The number of nitrogens with zero attached hydrogens (tertiary/aromatic N) is 1. The second-order valence-corrected chi connectivity index (χ2v) is 4.90. The molecular weight excluding hydrogens is 218 g/mol. The van der Waals surface area contributed by atoms with E-state index in [1.54, 1.807) is 17.8 Å². The highest BCUT2D eigenvalue weighted by molar-refractivity contribution is 7.99. The van der Waals surface area contributed by atoms with E-state index in [1.165, 1.54) is 11.8 Å². The summed E-state index contributed by atoms with van der Waals surface area (Å²) in [7, 11) is 0. The molecule has 0 N–H and O–H groups in total. The summed E-state index contributed by atoms with van der Waals surface area (Å²) in [6, 6.07) is 15.7. The van der Waals surface area contributed by atoms with E-state index in [4.69, 9.17) is 0 Å². The van der Waals surface area contributed by atoms with Gasteiger partial charge in [0.15, 0.2) is 6.20 Å². The molecule has 2 rings (SSSR count). The van der Waals surface area contributed by atoms with Crippen molar-refractivity contribution in [1.82, 2.24) is 0 Å². The number of hydrogen-bond donors (Lipinski definition) is 0. The first-order chi connectivity index (χ1) is 7.77. The van der Waals surface area contributed by atoms with Gasteiger partial charge in [0.2, 0.25) is 0 Å². The summed E-state index contributed by atoms with van der Waals surface area (Å²) < 4.78 is 0.907. The van der Waals surface area contributed by atoms with Crippen LogP contribution in [0.2, 0.25) is 0 Å². The lowest BCUT2D eigenvalue weighted by atomic mass is 10.2. The molecule has 1 atom stereocenters. The van der Waals surface area contributed by atoms with Crippen LogP contribution in [0.25, 0.3) is 0 Å². The van der Waals surface area contributed by atoms with E-state index in [1.807, 2.05) is 30.3 Å². The Hall–Kier alpha value is -1.48. The molecule has 0 bridgehead atoms. The van der Waals surface area contributed by atoms with Crippen molar-refractivity contribution in [3.63, 3.8) is 0 Å². The molecule has 0 aliphatic heterocycles. The van der Waals surface area contributed by atoms with Crippen LogP contribution in [0.1, 0.15) is 17.7 Å². The minimum Gasteiger partial charge on any atom is -0.618 e. The van der Waals surface area contributed by atoms with Gasteiger partial charge in [-0.2, -0.15) is 4.73 Å². The molecule has 82 valence electrons. The molecule has 0 amide bonds. The molecule has 0 saturated carbocycles. The molecule has 2 aromatic rings. The van der Waals surface area contributed by atoms with E-state index in [2.05, 4.69) is 19.1 Å². The van der Waals surface area contributed by atoms with Gasteiger partial charge < -0.3 is 5.21 Å².